The molecular formula is C7H7IS. The maximum Gasteiger partial charge on any atom is 0.0170 e. The molecule has 0 unspecified atom stereocenters. The van der Waals surface area contributed by atoms with Crippen molar-refractivity contribution >= 4 is 35.2 Å². The fraction of sp³-hybridized carbons (Fsp3) is 0.143. The predicted molar refractivity (Wildman–Crippen MR) is 51.1 cm³/mol. The van der Waals surface area contributed by atoms with E-state index in [1.54, 1.807) is 0 Å². The summed E-state index contributed by atoms with van der Waals surface area (Å²) in [5, 5.41) is 0. The fourth-order valence-corrected chi connectivity index (χ4v) is 1.55. The third kappa shape index (κ3) is 1.86. The van der Waals surface area contributed by atoms with Crippen molar-refractivity contribution in [2.45, 2.75) is 11.8 Å². The molecule has 0 aromatic heterocycles. The molecule has 48 valence electrons. The van der Waals surface area contributed by atoms with Gasteiger partial charge in [0.25, 0.3) is 0 Å². The van der Waals surface area contributed by atoms with E-state index in [-0.39, 0.29) is 0 Å². The maximum atomic E-state index is 4.20. The molecule has 0 fully saturated rings. The van der Waals surface area contributed by atoms with E-state index in [9.17, 15) is 0 Å². The molecule has 0 N–H and O–H groups in total. The fourth-order valence-electron chi connectivity index (χ4n) is 0.582. The number of aryl methyl sites for hydroxylation is 1. The van der Waals surface area contributed by atoms with Crippen molar-refractivity contribution in [1.82, 2.24) is 0 Å². The molecule has 0 amide bonds. The average Bonchev–Trinajstić information content (AvgIpc) is 1.80. The van der Waals surface area contributed by atoms with Crippen molar-refractivity contribution in [2.24, 2.45) is 0 Å². The highest BCUT2D eigenvalue weighted by molar-refractivity contribution is 14.1. The minimum atomic E-state index is 1.03. The Labute approximate surface area is 74.2 Å². The summed E-state index contributed by atoms with van der Waals surface area (Å²) < 4.78 is 1.28. The molecule has 0 radical (unpaired) electrons. The number of benzene rings is 1. The minimum Gasteiger partial charge on any atom is -0.143 e. The zero-order valence-electron chi connectivity index (χ0n) is 5.06. The van der Waals surface area contributed by atoms with Crippen molar-refractivity contribution < 1.29 is 0 Å². The van der Waals surface area contributed by atoms with Crippen LogP contribution in [-0.4, -0.2) is 0 Å². The second-order valence-electron chi connectivity index (χ2n) is 1.93. The highest BCUT2D eigenvalue weighted by atomic mass is 127. The van der Waals surface area contributed by atoms with Gasteiger partial charge in [0, 0.05) is 8.47 Å². The van der Waals surface area contributed by atoms with Crippen LogP contribution in [0.5, 0.6) is 0 Å². The van der Waals surface area contributed by atoms with E-state index < -0.39 is 0 Å². The third-order valence-electron chi connectivity index (χ3n) is 1.16. The van der Waals surface area contributed by atoms with Gasteiger partial charge in [-0.05, 0) is 47.2 Å². The van der Waals surface area contributed by atoms with Crippen molar-refractivity contribution in [2.75, 3.05) is 0 Å². The van der Waals surface area contributed by atoms with Crippen molar-refractivity contribution in [3.05, 3.63) is 27.3 Å². The Hall–Kier alpha value is 0.300. The van der Waals surface area contributed by atoms with E-state index in [0.29, 0.717) is 0 Å². The van der Waals surface area contributed by atoms with Gasteiger partial charge in [0.15, 0.2) is 0 Å². The lowest BCUT2D eigenvalue weighted by Gasteiger charge is -1.96. The van der Waals surface area contributed by atoms with Crippen LogP contribution in [0.1, 0.15) is 5.56 Å². The second kappa shape index (κ2) is 2.92. The van der Waals surface area contributed by atoms with E-state index in [2.05, 4.69) is 54.3 Å². The summed E-state index contributed by atoms with van der Waals surface area (Å²) in [6.45, 7) is 2.09. The maximum absolute atomic E-state index is 4.20. The van der Waals surface area contributed by atoms with Gasteiger partial charge in [-0.25, -0.2) is 0 Å². The van der Waals surface area contributed by atoms with Crippen molar-refractivity contribution in [3.8, 4) is 0 Å². The van der Waals surface area contributed by atoms with Crippen LogP contribution < -0.4 is 0 Å². The molecule has 0 aliphatic rings. The largest absolute Gasteiger partial charge is 0.143 e. The molecule has 0 aliphatic carbocycles. The number of hydrogen-bond acceptors (Lipinski definition) is 1. The Morgan fingerprint density at radius 3 is 2.56 bits per heavy atom. The lowest BCUT2D eigenvalue weighted by atomic mass is 10.2. The Balaban J connectivity index is 3.17. The molecule has 0 spiro atoms. The van der Waals surface area contributed by atoms with Gasteiger partial charge in [0.2, 0.25) is 0 Å². The van der Waals surface area contributed by atoms with Crippen LogP contribution in [0.15, 0.2) is 23.1 Å². The Bertz CT molecular complexity index is 220. The lowest BCUT2D eigenvalue weighted by Crippen LogP contribution is -1.77. The third-order valence-corrected chi connectivity index (χ3v) is 2.60. The predicted octanol–water partition coefficient (Wildman–Crippen LogP) is 2.89. The summed E-state index contributed by atoms with van der Waals surface area (Å²) in [7, 11) is 0. The van der Waals surface area contributed by atoms with Crippen LogP contribution in [0.3, 0.4) is 0 Å². The molecule has 0 aliphatic heterocycles. The molecule has 0 nitrogen and oxygen atoms in total. The molecule has 1 aromatic rings. The molecule has 0 saturated carbocycles. The summed E-state index contributed by atoms with van der Waals surface area (Å²) in [6, 6.07) is 6.13. The van der Waals surface area contributed by atoms with Crippen LogP contribution >= 0.6 is 35.2 Å². The van der Waals surface area contributed by atoms with Crippen LogP contribution in [0, 0.1) is 10.5 Å². The van der Waals surface area contributed by atoms with Crippen LogP contribution in [0.2, 0.25) is 0 Å². The van der Waals surface area contributed by atoms with Gasteiger partial charge in [-0.15, -0.1) is 12.6 Å². The SMILES string of the molecule is Cc1ccc(S)cc1I. The average molecular weight is 250 g/mol. The summed E-state index contributed by atoms with van der Waals surface area (Å²) in [5.41, 5.74) is 1.31. The van der Waals surface area contributed by atoms with Gasteiger partial charge < -0.3 is 0 Å². The zero-order valence-corrected chi connectivity index (χ0v) is 8.11. The van der Waals surface area contributed by atoms with Gasteiger partial charge in [-0.2, -0.15) is 0 Å². The second-order valence-corrected chi connectivity index (χ2v) is 3.61. The van der Waals surface area contributed by atoms with Crippen LogP contribution in [0.4, 0.5) is 0 Å². The number of rotatable bonds is 0. The summed E-state index contributed by atoms with van der Waals surface area (Å²) >= 11 is 6.50. The Morgan fingerprint density at radius 2 is 2.11 bits per heavy atom. The molecule has 0 heterocycles. The molecule has 1 rings (SSSR count). The minimum absolute atomic E-state index is 1.03. The molecule has 0 bridgehead atoms. The first-order valence-corrected chi connectivity index (χ1v) is 4.18. The first-order chi connectivity index (χ1) is 4.20. The van der Waals surface area contributed by atoms with Gasteiger partial charge in [-0.3, -0.25) is 0 Å². The smallest absolute Gasteiger partial charge is 0.0170 e. The van der Waals surface area contributed by atoms with Gasteiger partial charge in [0.1, 0.15) is 0 Å². The van der Waals surface area contributed by atoms with Crippen molar-refractivity contribution in [1.29, 1.82) is 0 Å². The van der Waals surface area contributed by atoms with E-state index in [1.807, 2.05) is 6.07 Å². The van der Waals surface area contributed by atoms with Crippen LogP contribution in [-0.2, 0) is 0 Å². The quantitative estimate of drug-likeness (QED) is 0.531. The standard InChI is InChI=1S/C7H7IS/c1-5-2-3-6(9)4-7(5)8/h2-4,9H,1H3. The summed E-state index contributed by atoms with van der Waals surface area (Å²) in [6.07, 6.45) is 0. The Kier molecular flexibility index (Phi) is 2.41. The zero-order chi connectivity index (χ0) is 6.85. The molecule has 2 heteroatoms. The van der Waals surface area contributed by atoms with E-state index in [1.165, 1.54) is 9.13 Å². The highest BCUT2D eigenvalue weighted by Crippen LogP contribution is 2.15. The Morgan fingerprint density at radius 1 is 1.44 bits per heavy atom. The van der Waals surface area contributed by atoms with E-state index in [4.69, 9.17) is 0 Å². The first-order valence-electron chi connectivity index (χ1n) is 2.65. The summed E-state index contributed by atoms with van der Waals surface area (Å²) in [5.74, 6) is 0. The van der Waals surface area contributed by atoms with Gasteiger partial charge in [-0.1, -0.05) is 6.07 Å². The number of thiol groups is 1. The number of halogens is 1. The van der Waals surface area contributed by atoms with Crippen LogP contribution in [0.25, 0.3) is 0 Å². The highest BCUT2D eigenvalue weighted by Gasteiger charge is 1.91. The van der Waals surface area contributed by atoms with Crippen molar-refractivity contribution in [3.63, 3.8) is 0 Å². The molecular weight excluding hydrogens is 243 g/mol. The first kappa shape index (κ1) is 7.41. The summed E-state index contributed by atoms with van der Waals surface area (Å²) in [4.78, 5) is 1.03. The molecule has 0 saturated heterocycles. The van der Waals surface area contributed by atoms with E-state index in [0.717, 1.165) is 4.90 Å². The normalized spacial score (nSPS) is 9.67. The topological polar surface area (TPSA) is 0 Å². The molecule has 9 heavy (non-hydrogen) atoms. The molecule has 1 aromatic carbocycles. The number of hydrogen-bond donors (Lipinski definition) is 1. The van der Waals surface area contributed by atoms with Gasteiger partial charge >= 0.3 is 0 Å². The lowest BCUT2D eigenvalue weighted by molar-refractivity contribution is 1.35. The monoisotopic (exact) mass is 250 g/mol. The van der Waals surface area contributed by atoms with E-state index >= 15 is 0 Å². The molecule has 0 atom stereocenters. The van der Waals surface area contributed by atoms with Gasteiger partial charge in [0.05, 0.1) is 0 Å².